The maximum absolute atomic E-state index is 12.6. The normalized spacial score (nSPS) is 16.9. The van der Waals surface area contributed by atoms with Crippen molar-refractivity contribution in [3.05, 3.63) is 41.6 Å². The molecule has 26 heavy (non-hydrogen) atoms. The van der Waals surface area contributed by atoms with E-state index in [0.717, 1.165) is 11.4 Å². The Kier molecular flexibility index (Phi) is 6.24. The van der Waals surface area contributed by atoms with Crippen LogP contribution in [0.1, 0.15) is 33.3 Å². The first-order valence-corrected chi connectivity index (χ1v) is 9.26. The number of carbonyl (C=O) groups is 2. The van der Waals surface area contributed by atoms with Crippen molar-refractivity contribution >= 4 is 17.4 Å². The molecular formula is C21H31N3O2. The SMILES string of the molecule is CCN(CC)C(=O)CN(C)CC(=O)C=C1N(C)c2ccccc2C1(C)C. The number of para-hydroxylation sites is 1. The maximum atomic E-state index is 12.6. The summed E-state index contributed by atoms with van der Waals surface area (Å²) in [6.45, 7) is 10.1. The number of fused-ring (bicyclic) bond motifs is 1. The van der Waals surface area contributed by atoms with Crippen LogP contribution < -0.4 is 4.90 Å². The molecule has 0 aromatic heterocycles. The van der Waals surface area contributed by atoms with Gasteiger partial charge in [0, 0.05) is 43.0 Å². The summed E-state index contributed by atoms with van der Waals surface area (Å²) in [5.74, 6) is 0.0752. The smallest absolute Gasteiger partial charge is 0.236 e. The van der Waals surface area contributed by atoms with Gasteiger partial charge in [-0.25, -0.2) is 0 Å². The lowest BCUT2D eigenvalue weighted by Crippen LogP contribution is -2.40. The third-order valence-corrected chi connectivity index (χ3v) is 5.19. The van der Waals surface area contributed by atoms with Gasteiger partial charge in [0.05, 0.1) is 13.1 Å². The zero-order valence-corrected chi connectivity index (χ0v) is 16.9. The molecule has 1 aromatic rings. The molecule has 0 fully saturated rings. The Morgan fingerprint density at radius 1 is 1.12 bits per heavy atom. The molecule has 0 aliphatic carbocycles. The Bertz CT molecular complexity index is 705. The molecule has 0 unspecified atom stereocenters. The van der Waals surface area contributed by atoms with Crippen LogP contribution in [-0.4, -0.2) is 61.8 Å². The number of likely N-dealkylation sites (N-methyl/N-ethyl adjacent to an activating group) is 3. The van der Waals surface area contributed by atoms with Gasteiger partial charge in [-0.2, -0.15) is 0 Å². The van der Waals surface area contributed by atoms with Gasteiger partial charge in [-0.15, -0.1) is 0 Å². The van der Waals surface area contributed by atoms with E-state index in [0.29, 0.717) is 13.1 Å². The summed E-state index contributed by atoms with van der Waals surface area (Å²) < 4.78 is 0. The largest absolute Gasteiger partial charge is 0.347 e. The van der Waals surface area contributed by atoms with Gasteiger partial charge in [-0.05, 0) is 32.5 Å². The first-order chi connectivity index (χ1) is 12.2. The van der Waals surface area contributed by atoms with Gasteiger partial charge >= 0.3 is 0 Å². The number of hydrogen-bond acceptors (Lipinski definition) is 4. The molecule has 0 saturated heterocycles. The van der Waals surface area contributed by atoms with Crippen LogP contribution in [0.25, 0.3) is 0 Å². The number of allylic oxidation sites excluding steroid dienone is 1. The number of anilines is 1. The number of carbonyl (C=O) groups excluding carboxylic acids is 2. The Hall–Kier alpha value is -2.14. The minimum Gasteiger partial charge on any atom is -0.347 e. The van der Waals surface area contributed by atoms with Crippen LogP contribution in [0.4, 0.5) is 5.69 Å². The fraction of sp³-hybridized carbons (Fsp3) is 0.524. The van der Waals surface area contributed by atoms with Gasteiger partial charge in [0.25, 0.3) is 0 Å². The molecule has 1 aromatic carbocycles. The topological polar surface area (TPSA) is 43.9 Å². The summed E-state index contributed by atoms with van der Waals surface area (Å²) in [4.78, 5) is 30.5. The van der Waals surface area contributed by atoms with Crippen LogP contribution >= 0.6 is 0 Å². The van der Waals surface area contributed by atoms with E-state index in [1.807, 2.05) is 40.1 Å². The minimum atomic E-state index is -0.212. The molecule has 5 heteroatoms. The third-order valence-electron chi connectivity index (χ3n) is 5.19. The fourth-order valence-electron chi connectivity index (χ4n) is 3.69. The van der Waals surface area contributed by atoms with Crippen molar-refractivity contribution in [2.24, 2.45) is 0 Å². The van der Waals surface area contributed by atoms with Crippen LogP contribution in [0.3, 0.4) is 0 Å². The number of rotatable bonds is 7. The van der Waals surface area contributed by atoms with Crippen LogP contribution in [0.15, 0.2) is 36.0 Å². The lowest BCUT2D eigenvalue weighted by molar-refractivity contribution is -0.132. The predicted octanol–water partition coefficient (Wildman–Crippen LogP) is 2.67. The highest BCUT2D eigenvalue weighted by molar-refractivity contribution is 5.94. The van der Waals surface area contributed by atoms with E-state index < -0.39 is 0 Å². The van der Waals surface area contributed by atoms with Gasteiger partial charge in [-0.1, -0.05) is 32.0 Å². The summed E-state index contributed by atoms with van der Waals surface area (Å²) in [6.07, 6.45) is 1.73. The number of nitrogens with zero attached hydrogens (tertiary/aromatic N) is 3. The molecule has 5 nitrogen and oxygen atoms in total. The van der Waals surface area contributed by atoms with Crippen molar-refractivity contribution in [1.29, 1.82) is 0 Å². The number of ketones is 1. The molecule has 0 radical (unpaired) electrons. The van der Waals surface area contributed by atoms with Crippen LogP contribution in [0.5, 0.6) is 0 Å². The Morgan fingerprint density at radius 2 is 1.73 bits per heavy atom. The van der Waals surface area contributed by atoms with Gasteiger partial charge in [0.15, 0.2) is 5.78 Å². The molecule has 1 aliphatic heterocycles. The second kappa shape index (κ2) is 8.04. The average Bonchev–Trinajstić information content (AvgIpc) is 2.77. The van der Waals surface area contributed by atoms with E-state index >= 15 is 0 Å². The monoisotopic (exact) mass is 357 g/mol. The standard InChI is InChI=1S/C21H31N3O2/c1-7-24(8-2)20(26)15-22(5)14-16(25)13-19-21(3,4)17-11-9-10-12-18(17)23(19)6/h9-13H,7-8,14-15H2,1-6H3. The number of amides is 1. The zero-order chi connectivity index (χ0) is 19.5. The quantitative estimate of drug-likeness (QED) is 0.704. The highest BCUT2D eigenvalue weighted by atomic mass is 16.2. The number of benzene rings is 1. The summed E-state index contributed by atoms with van der Waals surface area (Å²) in [6, 6.07) is 8.25. The van der Waals surface area contributed by atoms with Crippen LogP contribution in [-0.2, 0) is 15.0 Å². The molecule has 2 rings (SSSR count). The van der Waals surface area contributed by atoms with E-state index in [1.54, 1.807) is 15.9 Å². The van der Waals surface area contributed by atoms with E-state index in [1.165, 1.54) is 5.56 Å². The lowest BCUT2D eigenvalue weighted by Gasteiger charge is -2.25. The molecule has 1 amide bonds. The molecule has 0 atom stereocenters. The van der Waals surface area contributed by atoms with E-state index in [2.05, 4.69) is 30.9 Å². The Morgan fingerprint density at radius 3 is 2.31 bits per heavy atom. The lowest BCUT2D eigenvalue weighted by atomic mass is 9.83. The third kappa shape index (κ3) is 3.98. The summed E-state index contributed by atoms with van der Waals surface area (Å²) in [5, 5.41) is 0. The second-order valence-corrected chi connectivity index (χ2v) is 7.44. The summed E-state index contributed by atoms with van der Waals surface area (Å²) in [7, 11) is 3.82. The second-order valence-electron chi connectivity index (χ2n) is 7.44. The molecule has 1 heterocycles. The van der Waals surface area contributed by atoms with Crippen molar-refractivity contribution < 1.29 is 9.59 Å². The number of hydrogen-bond donors (Lipinski definition) is 0. The molecule has 0 saturated carbocycles. The molecule has 0 N–H and O–H groups in total. The molecular weight excluding hydrogens is 326 g/mol. The van der Waals surface area contributed by atoms with Crippen LogP contribution in [0.2, 0.25) is 0 Å². The average molecular weight is 357 g/mol. The van der Waals surface area contributed by atoms with Crippen molar-refractivity contribution in [3.63, 3.8) is 0 Å². The molecule has 0 bridgehead atoms. The van der Waals surface area contributed by atoms with Gasteiger partial charge < -0.3 is 9.80 Å². The van der Waals surface area contributed by atoms with E-state index in [9.17, 15) is 9.59 Å². The highest BCUT2D eigenvalue weighted by Gasteiger charge is 2.38. The van der Waals surface area contributed by atoms with Crippen LogP contribution in [0, 0.1) is 0 Å². The van der Waals surface area contributed by atoms with Crippen molar-refractivity contribution in [3.8, 4) is 0 Å². The maximum Gasteiger partial charge on any atom is 0.236 e. The van der Waals surface area contributed by atoms with Crippen molar-refractivity contribution in [2.75, 3.05) is 45.2 Å². The first kappa shape index (κ1) is 20.2. The summed E-state index contributed by atoms with van der Waals surface area (Å²) >= 11 is 0. The predicted molar refractivity (Wildman–Crippen MR) is 106 cm³/mol. The van der Waals surface area contributed by atoms with Gasteiger partial charge in [-0.3, -0.25) is 14.5 Å². The Labute approximate surface area is 157 Å². The fourth-order valence-corrected chi connectivity index (χ4v) is 3.69. The summed E-state index contributed by atoms with van der Waals surface area (Å²) in [5.41, 5.74) is 3.15. The highest BCUT2D eigenvalue weighted by Crippen LogP contribution is 2.46. The van der Waals surface area contributed by atoms with Gasteiger partial charge in [0.1, 0.15) is 0 Å². The first-order valence-electron chi connectivity index (χ1n) is 9.26. The van der Waals surface area contributed by atoms with Crippen molar-refractivity contribution in [2.45, 2.75) is 33.1 Å². The minimum absolute atomic E-state index is 0.0163. The molecule has 0 spiro atoms. The molecule has 142 valence electrons. The Balaban J connectivity index is 2.08. The van der Waals surface area contributed by atoms with Gasteiger partial charge in [0.2, 0.25) is 5.91 Å². The van der Waals surface area contributed by atoms with Crippen molar-refractivity contribution in [1.82, 2.24) is 9.80 Å². The van der Waals surface area contributed by atoms with E-state index in [-0.39, 0.29) is 30.2 Å². The zero-order valence-electron chi connectivity index (χ0n) is 16.9. The molecule has 1 aliphatic rings. The van der Waals surface area contributed by atoms with E-state index in [4.69, 9.17) is 0 Å².